The third kappa shape index (κ3) is 5.04. The summed E-state index contributed by atoms with van der Waals surface area (Å²) in [7, 11) is 2.81. The van der Waals surface area contributed by atoms with Crippen LogP contribution < -0.4 is 4.74 Å². The standard InChI is InChI=1S/C19H20N2O6/c1-13-6-4-5-7-15(13)11-20(2)18(22)12-27-17-9-8-14(19(23)26-3)10-16(17)21(24)25/h4-10H,11-12H2,1-3H3. The molecule has 0 N–H and O–H groups in total. The van der Waals surface area contributed by atoms with Crippen LogP contribution in [0.1, 0.15) is 21.5 Å². The number of nitro benzene ring substituents is 1. The summed E-state index contributed by atoms with van der Waals surface area (Å²) in [5.74, 6) is -1.12. The molecule has 0 saturated carbocycles. The summed E-state index contributed by atoms with van der Waals surface area (Å²) in [6.07, 6.45) is 0. The number of carbonyl (C=O) groups is 2. The summed E-state index contributed by atoms with van der Waals surface area (Å²) < 4.78 is 9.88. The Balaban J connectivity index is 2.06. The van der Waals surface area contributed by atoms with Crippen molar-refractivity contribution in [1.82, 2.24) is 4.90 Å². The zero-order valence-electron chi connectivity index (χ0n) is 15.3. The van der Waals surface area contributed by atoms with E-state index >= 15 is 0 Å². The van der Waals surface area contributed by atoms with Crippen molar-refractivity contribution in [3.63, 3.8) is 0 Å². The average molecular weight is 372 g/mol. The van der Waals surface area contributed by atoms with Gasteiger partial charge < -0.3 is 14.4 Å². The molecule has 8 heteroatoms. The van der Waals surface area contributed by atoms with E-state index in [0.29, 0.717) is 6.54 Å². The molecule has 0 aliphatic heterocycles. The molecule has 8 nitrogen and oxygen atoms in total. The van der Waals surface area contributed by atoms with Crippen LogP contribution in [-0.4, -0.2) is 42.5 Å². The van der Waals surface area contributed by atoms with Crippen LogP contribution in [0, 0.1) is 17.0 Å². The van der Waals surface area contributed by atoms with Crippen LogP contribution in [0.15, 0.2) is 42.5 Å². The number of nitrogens with zero attached hydrogens (tertiary/aromatic N) is 2. The summed E-state index contributed by atoms with van der Waals surface area (Å²) in [5, 5.41) is 11.2. The molecule has 0 aliphatic rings. The number of benzene rings is 2. The van der Waals surface area contributed by atoms with Crippen molar-refractivity contribution in [1.29, 1.82) is 0 Å². The lowest BCUT2D eigenvalue weighted by Crippen LogP contribution is -2.31. The number of carbonyl (C=O) groups excluding carboxylic acids is 2. The van der Waals surface area contributed by atoms with Gasteiger partial charge in [-0.2, -0.15) is 0 Å². The topological polar surface area (TPSA) is 99.0 Å². The number of ether oxygens (including phenoxy) is 2. The van der Waals surface area contributed by atoms with E-state index < -0.39 is 16.6 Å². The molecule has 2 rings (SSSR count). The van der Waals surface area contributed by atoms with Gasteiger partial charge in [-0.3, -0.25) is 14.9 Å². The van der Waals surface area contributed by atoms with E-state index in [0.717, 1.165) is 17.2 Å². The molecule has 1 amide bonds. The fourth-order valence-electron chi connectivity index (χ4n) is 2.41. The van der Waals surface area contributed by atoms with Gasteiger partial charge in [0.1, 0.15) is 0 Å². The first-order valence-electron chi connectivity index (χ1n) is 8.11. The van der Waals surface area contributed by atoms with E-state index in [1.165, 1.54) is 24.1 Å². The third-order valence-electron chi connectivity index (χ3n) is 4.02. The van der Waals surface area contributed by atoms with Gasteiger partial charge in [-0.15, -0.1) is 0 Å². The van der Waals surface area contributed by atoms with Gasteiger partial charge in [0.25, 0.3) is 5.91 Å². The quantitative estimate of drug-likeness (QED) is 0.421. The summed E-state index contributed by atoms with van der Waals surface area (Å²) in [6, 6.07) is 11.4. The molecule has 0 saturated heterocycles. The second-order valence-electron chi connectivity index (χ2n) is 5.90. The van der Waals surface area contributed by atoms with E-state index in [2.05, 4.69) is 4.74 Å². The Morgan fingerprint density at radius 1 is 1.19 bits per heavy atom. The van der Waals surface area contributed by atoms with Crippen molar-refractivity contribution < 1.29 is 24.0 Å². The lowest BCUT2D eigenvalue weighted by molar-refractivity contribution is -0.385. The van der Waals surface area contributed by atoms with Crippen LogP contribution in [0.25, 0.3) is 0 Å². The lowest BCUT2D eigenvalue weighted by Gasteiger charge is -2.18. The molecule has 2 aromatic rings. The molecule has 0 heterocycles. The normalized spacial score (nSPS) is 10.2. The Bertz CT molecular complexity index is 865. The van der Waals surface area contributed by atoms with Gasteiger partial charge in [0.05, 0.1) is 17.6 Å². The molecule has 0 aromatic heterocycles. The minimum absolute atomic E-state index is 0.0274. The molecule has 0 radical (unpaired) electrons. The number of hydrogen-bond donors (Lipinski definition) is 0. The van der Waals surface area contributed by atoms with Gasteiger partial charge in [0.2, 0.25) is 0 Å². The zero-order valence-corrected chi connectivity index (χ0v) is 15.3. The molecule has 0 bridgehead atoms. The maximum Gasteiger partial charge on any atom is 0.338 e. The molecule has 0 atom stereocenters. The van der Waals surface area contributed by atoms with Crippen LogP contribution in [0.4, 0.5) is 5.69 Å². The van der Waals surface area contributed by atoms with Gasteiger partial charge in [-0.1, -0.05) is 24.3 Å². The number of likely N-dealkylation sites (N-methyl/N-ethyl adjacent to an activating group) is 1. The predicted molar refractivity (Wildman–Crippen MR) is 97.6 cm³/mol. The van der Waals surface area contributed by atoms with Crippen LogP contribution in [0.2, 0.25) is 0 Å². The van der Waals surface area contributed by atoms with E-state index in [1.807, 2.05) is 31.2 Å². The Morgan fingerprint density at radius 3 is 2.52 bits per heavy atom. The number of methoxy groups -OCH3 is 1. The highest BCUT2D eigenvalue weighted by molar-refractivity contribution is 5.90. The minimum atomic E-state index is -0.696. The number of aryl methyl sites for hydroxylation is 1. The van der Waals surface area contributed by atoms with Crippen LogP contribution in [-0.2, 0) is 16.1 Å². The second kappa shape index (κ2) is 8.79. The molecule has 0 fully saturated rings. The molecule has 0 unspecified atom stereocenters. The second-order valence-corrected chi connectivity index (χ2v) is 5.90. The van der Waals surface area contributed by atoms with Gasteiger partial charge >= 0.3 is 11.7 Å². The first-order chi connectivity index (χ1) is 12.8. The predicted octanol–water partition coefficient (Wildman–Crippen LogP) is 2.73. The summed E-state index contributed by atoms with van der Waals surface area (Å²) in [4.78, 5) is 35.8. The van der Waals surface area contributed by atoms with E-state index in [4.69, 9.17) is 4.74 Å². The third-order valence-corrected chi connectivity index (χ3v) is 4.02. The number of esters is 1. The smallest absolute Gasteiger partial charge is 0.338 e. The fraction of sp³-hybridized carbons (Fsp3) is 0.263. The largest absolute Gasteiger partial charge is 0.477 e. The average Bonchev–Trinajstić information content (AvgIpc) is 2.66. The molecular weight excluding hydrogens is 352 g/mol. The summed E-state index contributed by atoms with van der Waals surface area (Å²) >= 11 is 0. The van der Waals surface area contributed by atoms with E-state index in [9.17, 15) is 19.7 Å². The Hall–Kier alpha value is -3.42. The number of rotatable bonds is 7. The Morgan fingerprint density at radius 2 is 1.89 bits per heavy atom. The first kappa shape index (κ1) is 19.9. The van der Waals surface area contributed by atoms with Crippen molar-refractivity contribution in [2.24, 2.45) is 0 Å². The maximum absolute atomic E-state index is 12.3. The van der Waals surface area contributed by atoms with Crippen molar-refractivity contribution in [3.8, 4) is 5.75 Å². The monoisotopic (exact) mass is 372 g/mol. The molecular formula is C19H20N2O6. The highest BCUT2D eigenvalue weighted by Crippen LogP contribution is 2.28. The highest BCUT2D eigenvalue weighted by atomic mass is 16.6. The van der Waals surface area contributed by atoms with Crippen molar-refractivity contribution in [3.05, 3.63) is 69.3 Å². The first-order valence-corrected chi connectivity index (χ1v) is 8.11. The molecule has 0 spiro atoms. The van der Waals surface area contributed by atoms with Crippen molar-refractivity contribution >= 4 is 17.6 Å². The maximum atomic E-state index is 12.3. The van der Waals surface area contributed by atoms with Gasteiger partial charge in [-0.25, -0.2) is 4.79 Å². The highest BCUT2D eigenvalue weighted by Gasteiger charge is 2.20. The molecule has 27 heavy (non-hydrogen) atoms. The Kier molecular flexibility index (Phi) is 6.48. The van der Waals surface area contributed by atoms with Crippen molar-refractivity contribution in [2.75, 3.05) is 20.8 Å². The van der Waals surface area contributed by atoms with Crippen LogP contribution in [0.5, 0.6) is 5.75 Å². The van der Waals surface area contributed by atoms with E-state index in [-0.39, 0.29) is 23.8 Å². The number of hydrogen-bond acceptors (Lipinski definition) is 6. The molecule has 0 aliphatic carbocycles. The van der Waals surface area contributed by atoms with Gasteiger partial charge in [0, 0.05) is 19.7 Å². The van der Waals surface area contributed by atoms with E-state index in [1.54, 1.807) is 7.05 Å². The molecule has 2 aromatic carbocycles. The van der Waals surface area contributed by atoms with Gasteiger partial charge in [0.15, 0.2) is 12.4 Å². The Labute approximate surface area is 156 Å². The lowest BCUT2D eigenvalue weighted by atomic mass is 10.1. The van der Waals surface area contributed by atoms with Gasteiger partial charge in [-0.05, 0) is 30.2 Å². The zero-order chi connectivity index (χ0) is 20.0. The summed E-state index contributed by atoms with van der Waals surface area (Å²) in [6.45, 7) is 2.00. The molecule has 142 valence electrons. The van der Waals surface area contributed by atoms with Crippen molar-refractivity contribution in [2.45, 2.75) is 13.5 Å². The van der Waals surface area contributed by atoms with Crippen LogP contribution in [0.3, 0.4) is 0 Å². The van der Waals surface area contributed by atoms with Crippen LogP contribution >= 0.6 is 0 Å². The fourth-order valence-corrected chi connectivity index (χ4v) is 2.41. The number of nitro groups is 1. The summed E-state index contributed by atoms with van der Waals surface area (Å²) in [5.41, 5.74) is 1.68. The SMILES string of the molecule is COC(=O)c1ccc(OCC(=O)N(C)Cc2ccccc2C)c([N+](=O)[O-])c1. The number of amides is 1. The minimum Gasteiger partial charge on any atom is -0.477 e.